The Labute approximate surface area is 126 Å². The van der Waals surface area contributed by atoms with E-state index >= 15 is 0 Å². The van der Waals surface area contributed by atoms with Crippen molar-refractivity contribution in [1.82, 2.24) is 0 Å². The summed E-state index contributed by atoms with van der Waals surface area (Å²) in [6.07, 6.45) is 0.00582. The van der Waals surface area contributed by atoms with Gasteiger partial charge in [0.15, 0.2) is 0 Å². The second-order valence-corrected chi connectivity index (χ2v) is 5.00. The molecule has 0 aliphatic carbocycles. The van der Waals surface area contributed by atoms with Crippen LogP contribution < -0.4 is 10.2 Å². The minimum atomic E-state index is -0.709. The van der Waals surface area contributed by atoms with Crippen LogP contribution in [0.4, 0.5) is 15.8 Å². The molecule has 2 aromatic carbocycles. The number of hydrogen-bond acceptors (Lipinski definition) is 4. The molecule has 5 nitrogen and oxygen atoms in total. The molecule has 3 rings (SSSR count). The Bertz CT molecular complexity index is 730. The summed E-state index contributed by atoms with van der Waals surface area (Å²) in [5.41, 5.74) is 0.892. The standard InChI is InChI=1S/C16H13FN2O3/c17-10-4-6-12(7-5-10)19-15(21)9-14(16(19)22)18-11-2-1-3-13(20)8-11/h1-8,14,18,20H,9H2. The van der Waals surface area contributed by atoms with Gasteiger partial charge in [-0.2, -0.15) is 0 Å². The molecule has 112 valence electrons. The van der Waals surface area contributed by atoms with Crippen LogP contribution in [0.25, 0.3) is 0 Å². The first kappa shape index (κ1) is 14.1. The van der Waals surface area contributed by atoms with Gasteiger partial charge in [-0.15, -0.1) is 0 Å². The number of phenolic OH excluding ortho intramolecular Hbond substituents is 1. The van der Waals surface area contributed by atoms with Crippen molar-refractivity contribution in [2.24, 2.45) is 0 Å². The highest BCUT2D eigenvalue weighted by atomic mass is 19.1. The average Bonchev–Trinajstić information content (AvgIpc) is 2.75. The quantitative estimate of drug-likeness (QED) is 0.853. The number of carbonyl (C=O) groups excluding carboxylic acids is 2. The summed E-state index contributed by atoms with van der Waals surface area (Å²) >= 11 is 0. The number of amides is 2. The van der Waals surface area contributed by atoms with Gasteiger partial charge in [0.2, 0.25) is 5.91 Å². The summed E-state index contributed by atoms with van der Waals surface area (Å²) in [6, 6.07) is 10.8. The van der Waals surface area contributed by atoms with E-state index in [9.17, 15) is 19.1 Å². The van der Waals surface area contributed by atoms with Gasteiger partial charge in [0.1, 0.15) is 17.6 Å². The van der Waals surface area contributed by atoms with Crippen molar-refractivity contribution in [3.63, 3.8) is 0 Å². The number of hydrogen-bond donors (Lipinski definition) is 2. The Kier molecular flexibility index (Phi) is 3.50. The first-order chi connectivity index (χ1) is 10.5. The first-order valence-electron chi connectivity index (χ1n) is 6.72. The van der Waals surface area contributed by atoms with Crippen LogP contribution in [0.3, 0.4) is 0 Å². The fourth-order valence-corrected chi connectivity index (χ4v) is 2.40. The molecule has 1 atom stereocenters. The third-order valence-electron chi connectivity index (χ3n) is 3.42. The number of nitrogens with zero attached hydrogens (tertiary/aromatic N) is 1. The predicted molar refractivity (Wildman–Crippen MR) is 79.0 cm³/mol. The summed E-state index contributed by atoms with van der Waals surface area (Å²) in [7, 11) is 0. The molecule has 0 aromatic heterocycles. The molecular formula is C16H13FN2O3. The molecule has 0 radical (unpaired) electrons. The van der Waals surface area contributed by atoms with Gasteiger partial charge in [-0.1, -0.05) is 6.07 Å². The molecule has 1 fully saturated rings. The van der Waals surface area contributed by atoms with Gasteiger partial charge >= 0.3 is 0 Å². The van der Waals surface area contributed by atoms with Gasteiger partial charge < -0.3 is 10.4 Å². The van der Waals surface area contributed by atoms with E-state index in [2.05, 4.69) is 5.32 Å². The van der Waals surface area contributed by atoms with Crippen molar-refractivity contribution in [2.75, 3.05) is 10.2 Å². The van der Waals surface area contributed by atoms with E-state index in [-0.39, 0.29) is 18.1 Å². The SMILES string of the molecule is O=C1CC(Nc2cccc(O)c2)C(=O)N1c1ccc(F)cc1. The molecule has 1 unspecified atom stereocenters. The molecule has 0 spiro atoms. The predicted octanol–water partition coefficient (Wildman–Crippen LogP) is 2.28. The molecule has 1 heterocycles. The summed E-state index contributed by atoms with van der Waals surface area (Å²) in [4.78, 5) is 25.5. The summed E-state index contributed by atoms with van der Waals surface area (Å²) < 4.78 is 12.9. The van der Waals surface area contributed by atoms with E-state index in [1.54, 1.807) is 12.1 Å². The van der Waals surface area contributed by atoms with E-state index in [0.29, 0.717) is 11.4 Å². The summed E-state index contributed by atoms with van der Waals surface area (Å²) in [5.74, 6) is -1.12. The van der Waals surface area contributed by atoms with Gasteiger partial charge in [-0.05, 0) is 36.4 Å². The van der Waals surface area contributed by atoms with E-state index in [1.165, 1.54) is 36.4 Å². The fourth-order valence-electron chi connectivity index (χ4n) is 2.40. The molecule has 0 bridgehead atoms. The Morgan fingerprint density at radius 1 is 1.14 bits per heavy atom. The van der Waals surface area contributed by atoms with E-state index in [4.69, 9.17) is 0 Å². The molecule has 22 heavy (non-hydrogen) atoms. The maximum absolute atomic E-state index is 12.9. The monoisotopic (exact) mass is 300 g/mol. The van der Waals surface area contributed by atoms with Gasteiger partial charge in [-0.25, -0.2) is 9.29 Å². The Hall–Kier alpha value is -2.89. The molecule has 2 amide bonds. The number of imide groups is 1. The van der Waals surface area contributed by atoms with Gasteiger partial charge in [0, 0.05) is 11.8 Å². The summed E-state index contributed by atoms with van der Waals surface area (Å²) in [5, 5.41) is 12.3. The van der Waals surface area contributed by atoms with Crippen LogP contribution in [-0.2, 0) is 9.59 Å². The van der Waals surface area contributed by atoms with Crippen molar-refractivity contribution in [2.45, 2.75) is 12.5 Å². The van der Waals surface area contributed by atoms with Crippen molar-refractivity contribution >= 4 is 23.2 Å². The number of rotatable bonds is 3. The van der Waals surface area contributed by atoms with Crippen molar-refractivity contribution in [1.29, 1.82) is 0 Å². The largest absolute Gasteiger partial charge is 0.508 e. The van der Waals surface area contributed by atoms with Crippen LogP contribution in [0.2, 0.25) is 0 Å². The Balaban J connectivity index is 1.81. The third kappa shape index (κ3) is 2.63. The number of nitrogens with one attached hydrogen (secondary N) is 1. The zero-order valence-corrected chi connectivity index (χ0v) is 11.5. The molecule has 1 aliphatic rings. The van der Waals surface area contributed by atoms with Crippen LogP contribution in [-0.4, -0.2) is 23.0 Å². The fraction of sp³-hybridized carbons (Fsp3) is 0.125. The number of aromatic hydroxyl groups is 1. The maximum Gasteiger partial charge on any atom is 0.256 e. The number of benzene rings is 2. The number of anilines is 2. The molecule has 1 aliphatic heterocycles. The number of halogens is 1. The normalized spacial score (nSPS) is 17.9. The molecule has 6 heteroatoms. The Morgan fingerprint density at radius 3 is 2.55 bits per heavy atom. The van der Waals surface area contributed by atoms with Crippen molar-refractivity contribution < 1.29 is 19.1 Å². The van der Waals surface area contributed by atoms with E-state index in [0.717, 1.165) is 4.90 Å². The topological polar surface area (TPSA) is 69.6 Å². The average molecular weight is 300 g/mol. The van der Waals surface area contributed by atoms with Crippen LogP contribution >= 0.6 is 0 Å². The van der Waals surface area contributed by atoms with Gasteiger partial charge in [0.25, 0.3) is 5.91 Å². The minimum absolute atomic E-state index is 0.00582. The van der Waals surface area contributed by atoms with Crippen LogP contribution in [0.1, 0.15) is 6.42 Å². The number of carbonyl (C=O) groups is 2. The molecule has 2 N–H and O–H groups in total. The number of phenols is 1. The highest BCUT2D eigenvalue weighted by Gasteiger charge is 2.39. The maximum atomic E-state index is 12.9. The summed E-state index contributed by atoms with van der Waals surface area (Å²) in [6.45, 7) is 0. The lowest BCUT2D eigenvalue weighted by molar-refractivity contribution is -0.121. The van der Waals surface area contributed by atoms with Crippen LogP contribution in [0, 0.1) is 5.82 Å². The van der Waals surface area contributed by atoms with Gasteiger partial charge in [-0.3, -0.25) is 9.59 Å². The van der Waals surface area contributed by atoms with E-state index in [1.807, 2.05) is 0 Å². The molecule has 0 saturated carbocycles. The second-order valence-electron chi connectivity index (χ2n) is 5.00. The minimum Gasteiger partial charge on any atom is -0.508 e. The molecule has 2 aromatic rings. The van der Waals surface area contributed by atoms with Crippen LogP contribution in [0.15, 0.2) is 48.5 Å². The first-order valence-corrected chi connectivity index (χ1v) is 6.72. The highest BCUT2D eigenvalue weighted by molar-refractivity contribution is 6.23. The molecule has 1 saturated heterocycles. The Morgan fingerprint density at radius 2 is 1.86 bits per heavy atom. The highest BCUT2D eigenvalue weighted by Crippen LogP contribution is 2.26. The molecular weight excluding hydrogens is 287 g/mol. The third-order valence-corrected chi connectivity index (χ3v) is 3.42. The van der Waals surface area contributed by atoms with Crippen molar-refractivity contribution in [3.05, 3.63) is 54.3 Å². The van der Waals surface area contributed by atoms with Gasteiger partial charge in [0.05, 0.1) is 12.1 Å². The second kappa shape index (κ2) is 5.48. The lowest BCUT2D eigenvalue weighted by Gasteiger charge is -2.16. The zero-order valence-electron chi connectivity index (χ0n) is 11.5. The van der Waals surface area contributed by atoms with Crippen molar-refractivity contribution in [3.8, 4) is 5.75 Å². The smallest absolute Gasteiger partial charge is 0.256 e. The zero-order chi connectivity index (χ0) is 15.7. The lowest BCUT2D eigenvalue weighted by Crippen LogP contribution is -2.34. The van der Waals surface area contributed by atoms with Crippen LogP contribution in [0.5, 0.6) is 5.75 Å². The van der Waals surface area contributed by atoms with E-state index < -0.39 is 17.8 Å². The lowest BCUT2D eigenvalue weighted by atomic mass is 10.2.